The van der Waals surface area contributed by atoms with Gasteiger partial charge in [-0.1, -0.05) is 0 Å². The minimum absolute atomic E-state index is 0.00713. The maximum Gasteiger partial charge on any atom is 0.351 e. The van der Waals surface area contributed by atoms with E-state index in [-0.39, 0.29) is 20.4 Å². The Kier molecular flexibility index (Phi) is 4.23. The molecular formula is C9H12N3O6P. The summed E-state index contributed by atoms with van der Waals surface area (Å²) in [5.74, 6) is -0.0519. The molecule has 1 fully saturated rings. The highest BCUT2D eigenvalue weighted by molar-refractivity contribution is 7.23. The first-order valence-electron chi connectivity index (χ1n) is 5.38. The molecule has 4 atom stereocenters. The summed E-state index contributed by atoms with van der Waals surface area (Å²) in [6, 6.07) is 1.29. The fourth-order valence-electron chi connectivity index (χ4n) is 1.85. The summed E-state index contributed by atoms with van der Waals surface area (Å²) in [7, 11) is -0.231. The lowest BCUT2D eigenvalue weighted by atomic mass is 10.1. The number of aliphatic hydroxyl groups is 2. The van der Waals surface area contributed by atoms with Gasteiger partial charge in [0.25, 0.3) is 0 Å². The van der Waals surface area contributed by atoms with Gasteiger partial charge in [-0.15, -0.1) is 0 Å². The normalized spacial score (nSPS) is 30.7. The van der Waals surface area contributed by atoms with Crippen molar-refractivity contribution in [2.45, 2.75) is 24.5 Å². The third-order valence-electron chi connectivity index (χ3n) is 2.81. The van der Waals surface area contributed by atoms with Gasteiger partial charge >= 0.3 is 5.69 Å². The maximum atomic E-state index is 11.7. The molecule has 0 aliphatic carbocycles. The summed E-state index contributed by atoms with van der Waals surface area (Å²) in [4.78, 5) is 15.1. The van der Waals surface area contributed by atoms with E-state index in [1.807, 2.05) is 0 Å². The van der Waals surface area contributed by atoms with Crippen molar-refractivity contribution in [1.82, 2.24) is 9.55 Å². The Labute approximate surface area is 108 Å². The fraction of sp³-hybridized carbons (Fsp3) is 0.556. The van der Waals surface area contributed by atoms with Crippen LogP contribution in [0.4, 0.5) is 5.82 Å². The molecule has 9 nitrogen and oxygen atoms in total. The molecular weight excluding hydrogens is 277 g/mol. The van der Waals surface area contributed by atoms with Gasteiger partial charge in [-0.05, 0) is 6.07 Å². The minimum Gasteiger partial charge on any atom is -0.387 e. The first-order valence-corrected chi connectivity index (χ1v) is 6.38. The zero-order valence-corrected chi connectivity index (χ0v) is 10.5. The van der Waals surface area contributed by atoms with Crippen LogP contribution in [0.25, 0.3) is 0 Å². The number of aromatic nitrogens is 2. The molecule has 0 amide bonds. The number of nitrogens with zero attached hydrogens (tertiary/aromatic N) is 2. The van der Waals surface area contributed by atoms with Crippen LogP contribution in [0.3, 0.4) is 0 Å². The van der Waals surface area contributed by atoms with Gasteiger partial charge in [0, 0.05) is 6.20 Å². The van der Waals surface area contributed by atoms with E-state index in [1.165, 1.54) is 12.3 Å². The minimum atomic E-state index is -1.33. The third-order valence-corrected chi connectivity index (χ3v) is 3.32. The Morgan fingerprint density at radius 3 is 2.79 bits per heavy atom. The first kappa shape index (κ1) is 14.0. The van der Waals surface area contributed by atoms with E-state index < -0.39 is 30.2 Å². The van der Waals surface area contributed by atoms with Crippen LogP contribution in [-0.2, 0) is 9.30 Å². The number of hydrogen-bond acceptors (Lipinski definition) is 8. The molecule has 2 unspecified atom stereocenters. The highest BCUT2D eigenvalue weighted by atomic mass is 31.1. The van der Waals surface area contributed by atoms with Gasteiger partial charge in [-0.25, -0.2) is 4.79 Å². The Morgan fingerprint density at radius 1 is 1.47 bits per heavy atom. The zero-order chi connectivity index (χ0) is 14.0. The van der Waals surface area contributed by atoms with Crippen molar-refractivity contribution >= 4 is 14.3 Å². The van der Waals surface area contributed by atoms with Crippen molar-refractivity contribution in [2.24, 2.45) is 0 Å². The number of hydrogen-bond donors (Lipinski definition) is 4. The van der Waals surface area contributed by atoms with E-state index in [0.29, 0.717) is 0 Å². The molecule has 1 aromatic rings. The van der Waals surface area contributed by atoms with Gasteiger partial charge in [0.15, 0.2) is 20.5 Å². The lowest BCUT2D eigenvalue weighted by Gasteiger charge is -2.16. The molecule has 104 valence electrons. The van der Waals surface area contributed by atoms with E-state index >= 15 is 0 Å². The highest BCUT2D eigenvalue weighted by Crippen LogP contribution is 2.29. The molecule has 4 N–H and O–H groups in total. The summed E-state index contributed by atoms with van der Waals surface area (Å²) in [6.45, 7) is 0. The van der Waals surface area contributed by atoms with Crippen LogP contribution in [0.1, 0.15) is 6.23 Å². The Balaban J connectivity index is 2.27. The fourth-order valence-corrected chi connectivity index (χ4v) is 2.30. The Hall–Kier alpha value is -1.38. The molecule has 1 aliphatic heterocycles. The molecule has 0 aromatic carbocycles. The summed E-state index contributed by atoms with van der Waals surface area (Å²) in [6.07, 6.45) is -3.26. The van der Waals surface area contributed by atoms with Crippen molar-refractivity contribution < 1.29 is 24.7 Å². The maximum absolute atomic E-state index is 11.7. The molecule has 1 aliphatic rings. The summed E-state index contributed by atoms with van der Waals surface area (Å²) >= 11 is 0. The summed E-state index contributed by atoms with van der Waals surface area (Å²) in [5.41, 5.74) is 0.947. The quantitative estimate of drug-likeness (QED) is 0.408. The molecule has 2 rings (SSSR count). The van der Waals surface area contributed by atoms with Gasteiger partial charge in [-0.2, -0.15) is 4.98 Å². The van der Waals surface area contributed by atoms with E-state index in [0.717, 1.165) is 4.57 Å². The SMILES string of the molecule is O=PC[C@@H]1O[C@H](n2ccc(NO)nc2=O)C(O)C1O. The van der Waals surface area contributed by atoms with Crippen LogP contribution in [0, 0.1) is 0 Å². The summed E-state index contributed by atoms with van der Waals surface area (Å²) in [5, 5.41) is 28.1. The zero-order valence-electron chi connectivity index (χ0n) is 9.58. The second-order valence-electron chi connectivity index (χ2n) is 3.97. The lowest BCUT2D eigenvalue weighted by molar-refractivity contribution is -0.0341. The van der Waals surface area contributed by atoms with Crippen LogP contribution < -0.4 is 11.2 Å². The van der Waals surface area contributed by atoms with Crippen LogP contribution in [0.15, 0.2) is 17.1 Å². The van der Waals surface area contributed by atoms with Crippen molar-refractivity contribution in [2.75, 3.05) is 11.6 Å². The van der Waals surface area contributed by atoms with Crippen LogP contribution in [-0.4, -0.2) is 49.4 Å². The predicted octanol–water partition coefficient (Wildman–Crippen LogP) is -1.04. The molecule has 0 bridgehead atoms. The largest absolute Gasteiger partial charge is 0.387 e. The molecule has 1 saturated heterocycles. The van der Waals surface area contributed by atoms with Crippen molar-refractivity contribution in [3.8, 4) is 0 Å². The standard InChI is InChI=1S/C9H12N3O6P/c13-6-4(3-19-17)18-8(7(6)14)12-2-1-5(11-16)10-9(12)15/h1-2,4,6-8,13-14,16H,3H2,(H,10,11,15)/t4-,6?,7?,8-/m0/s1. The first-order chi connectivity index (χ1) is 9.08. The van der Waals surface area contributed by atoms with E-state index in [2.05, 4.69) is 4.98 Å². The van der Waals surface area contributed by atoms with Crippen LogP contribution >= 0.6 is 8.46 Å². The highest BCUT2D eigenvalue weighted by Gasteiger charge is 2.43. The summed E-state index contributed by atoms with van der Waals surface area (Å²) < 4.78 is 16.8. The molecule has 2 heterocycles. The molecule has 0 radical (unpaired) electrons. The number of rotatable bonds is 4. The topological polar surface area (TPSA) is 134 Å². The van der Waals surface area contributed by atoms with Crippen molar-refractivity contribution in [3.63, 3.8) is 0 Å². The second-order valence-corrected chi connectivity index (χ2v) is 4.60. The number of aliphatic hydroxyl groups excluding tert-OH is 2. The molecule has 1 aromatic heterocycles. The van der Waals surface area contributed by atoms with Crippen LogP contribution in [0.2, 0.25) is 0 Å². The monoisotopic (exact) mass is 289 g/mol. The Morgan fingerprint density at radius 2 is 2.21 bits per heavy atom. The lowest BCUT2D eigenvalue weighted by Crippen LogP contribution is -2.35. The average Bonchev–Trinajstić information content (AvgIpc) is 2.67. The van der Waals surface area contributed by atoms with Gasteiger partial charge in [-0.3, -0.25) is 19.8 Å². The van der Waals surface area contributed by atoms with E-state index in [9.17, 15) is 19.6 Å². The molecule has 19 heavy (non-hydrogen) atoms. The molecule has 0 spiro atoms. The Bertz CT molecular complexity index is 523. The average molecular weight is 289 g/mol. The number of nitrogens with one attached hydrogen (secondary N) is 1. The second kappa shape index (κ2) is 5.72. The number of anilines is 1. The predicted molar refractivity (Wildman–Crippen MR) is 62.3 cm³/mol. The van der Waals surface area contributed by atoms with Crippen molar-refractivity contribution in [3.05, 3.63) is 22.7 Å². The van der Waals surface area contributed by atoms with Gasteiger partial charge in [0.2, 0.25) is 0 Å². The van der Waals surface area contributed by atoms with Gasteiger partial charge in [0.1, 0.15) is 12.2 Å². The smallest absolute Gasteiger partial charge is 0.351 e. The third kappa shape index (κ3) is 2.65. The molecule has 10 heteroatoms. The van der Waals surface area contributed by atoms with E-state index in [1.54, 1.807) is 5.48 Å². The van der Waals surface area contributed by atoms with E-state index in [4.69, 9.17) is 9.94 Å². The van der Waals surface area contributed by atoms with Crippen molar-refractivity contribution in [1.29, 1.82) is 0 Å². The van der Waals surface area contributed by atoms with Gasteiger partial charge in [0.05, 0.1) is 12.3 Å². The number of ether oxygens (including phenoxy) is 1. The van der Waals surface area contributed by atoms with Gasteiger partial charge < -0.3 is 14.9 Å². The van der Waals surface area contributed by atoms with Crippen LogP contribution in [0.5, 0.6) is 0 Å². The molecule has 0 saturated carbocycles.